The summed E-state index contributed by atoms with van der Waals surface area (Å²) in [7, 11) is 3.64. The van der Waals surface area contributed by atoms with Crippen molar-refractivity contribution < 1.29 is 4.74 Å². The van der Waals surface area contributed by atoms with Gasteiger partial charge in [0.15, 0.2) is 0 Å². The standard InChI is InChI=1S/C9H13Br2N3O/c1-14(5-8(11)6-15-2)9-12-3-7(10)4-13-9/h3-4,8H,5-6H2,1-2H3. The van der Waals surface area contributed by atoms with Crippen LogP contribution in [0, 0.1) is 0 Å². The number of hydrogen-bond acceptors (Lipinski definition) is 4. The summed E-state index contributed by atoms with van der Waals surface area (Å²) in [5.74, 6) is 0.707. The third-order valence-electron chi connectivity index (χ3n) is 1.77. The average Bonchev–Trinajstić information content (AvgIpc) is 2.18. The second-order valence-corrected chi connectivity index (χ2v) is 5.35. The van der Waals surface area contributed by atoms with Crippen molar-refractivity contribution in [3.63, 3.8) is 0 Å². The maximum absolute atomic E-state index is 5.04. The summed E-state index contributed by atoms with van der Waals surface area (Å²) in [6.45, 7) is 1.47. The zero-order valence-corrected chi connectivity index (χ0v) is 11.8. The fourth-order valence-corrected chi connectivity index (χ4v) is 2.02. The van der Waals surface area contributed by atoms with E-state index < -0.39 is 0 Å². The summed E-state index contributed by atoms with van der Waals surface area (Å²) < 4.78 is 5.92. The molecule has 1 aromatic heterocycles. The molecule has 0 N–H and O–H groups in total. The van der Waals surface area contributed by atoms with Gasteiger partial charge in [-0.3, -0.25) is 0 Å². The van der Waals surface area contributed by atoms with Crippen molar-refractivity contribution in [2.24, 2.45) is 0 Å². The van der Waals surface area contributed by atoms with E-state index in [1.54, 1.807) is 19.5 Å². The fourth-order valence-electron chi connectivity index (χ4n) is 1.11. The molecule has 0 aliphatic carbocycles. The number of nitrogens with zero attached hydrogens (tertiary/aromatic N) is 3. The Balaban J connectivity index is 2.53. The van der Waals surface area contributed by atoms with Gasteiger partial charge in [0.05, 0.1) is 15.9 Å². The predicted molar refractivity (Wildman–Crippen MR) is 67.6 cm³/mol. The molecule has 1 heterocycles. The summed E-state index contributed by atoms with van der Waals surface area (Å²) in [6, 6.07) is 0. The lowest BCUT2D eigenvalue weighted by molar-refractivity contribution is 0.201. The van der Waals surface area contributed by atoms with Crippen LogP contribution in [-0.2, 0) is 4.74 Å². The summed E-state index contributed by atoms with van der Waals surface area (Å²) in [5.41, 5.74) is 0. The maximum atomic E-state index is 5.04. The molecule has 1 unspecified atom stereocenters. The molecule has 1 aromatic rings. The Hall–Kier alpha value is -0.200. The normalized spacial score (nSPS) is 12.5. The lowest BCUT2D eigenvalue weighted by atomic mass is 10.4. The third-order valence-corrected chi connectivity index (χ3v) is 2.73. The molecule has 0 radical (unpaired) electrons. The highest BCUT2D eigenvalue weighted by Crippen LogP contribution is 2.11. The van der Waals surface area contributed by atoms with E-state index in [0.29, 0.717) is 12.6 Å². The molecule has 4 nitrogen and oxygen atoms in total. The van der Waals surface area contributed by atoms with Crippen molar-refractivity contribution in [2.45, 2.75) is 4.83 Å². The summed E-state index contributed by atoms with van der Waals surface area (Å²) >= 11 is 6.82. The Kier molecular flexibility index (Phi) is 5.49. The molecule has 6 heteroatoms. The van der Waals surface area contributed by atoms with Gasteiger partial charge in [0.2, 0.25) is 5.95 Å². The topological polar surface area (TPSA) is 38.2 Å². The first-order chi connectivity index (χ1) is 7.13. The molecular formula is C9H13Br2N3O. The molecule has 1 rings (SSSR count). The summed E-state index contributed by atoms with van der Waals surface area (Å²) in [4.78, 5) is 10.6. The number of methoxy groups -OCH3 is 1. The Labute approximate surface area is 106 Å². The Morgan fingerprint density at radius 2 is 2.07 bits per heavy atom. The molecule has 1 atom stereocenters. The number of alkyl halides is 1. The van der Waals surface area contributed by atoms with Crippen LogP contribution in [0.4, 0.5) is 5.95 Å². The minimum atomic E-state index is 0.278. The first kappa shape index (κ1) is 12.9. The second kappa shape index (κ2) is 6.40. The van der Waals surface area contributed by atoms with E-state index in [0.717, 1.165) is 11.0 Å². The van der Waals surface area contributed by atoms with Crippen LogP contribution in [0.3, 0.4) is 0 Å². The molecule has 0 aromatic carbocycles. The van der Waals surface area contributed by atoms with Crippen LogP contribution < -0.4 is 4.90 Å². The molecule has 0 fully saturated rings. The molecule has 0 aliphatic heterocycles. The largest absolute Gasteiger partial charge is 0.383 e. The van der Waals surface area contributed by atoms with Gasteiger partial charge < -0.3 is 9.64 Å². The van der Waals surface area contributed by atoms with Crippen LogP contribution in [0.2, 0.25) is 0 Å². The van der Waals surface area contributed by atoms with Crippen molar-refractivity contribution in [2.75, 3.05) is 32.2 Å². The minimum Gasteiger partial charge on any atom is -0.383 e. The van der Waals surface area contributed by atoms with E-state index in [1.807, 2.05) is 11.9 Å². The number of rotatable bonds is 5. The van der Waals surface area contributed by atoms with E-state index in [1.165, 1.54) is 0 Å². The Morgan fingerprint density at radius 1 is 1.47 bits per heavy atom. The van der Waals surface area contributed by atoms with E-state index in [-0.39, 0.29) is 4.83 Å². The third kappa shape index (κ3) is 4.44. The number of ether oxygens (including phenoxy) is 1. The number of halogens is 2. The van der Waals surface area contributed by atoms with Crippen LogP contribution in [0.25, 0.3) is 0 Å². The molecule has 0 aliphatic rings. The van der Waals surface area contributed by atoms with Crippen LogP contribution in [0.15, 0.2) is 16.9 Å². The lowest BCUT2D eigenvalue weighted by Crippen LogP contribution is -2.29. The van der Waals surface area contributed by atoms with Crippen molar-refractivity contribution in [1.29, 1.82) is 0 Å². The van der Waals surface area contributed by atoms with Gasteiger partial charge in [-0.05, 0) is 15.9 Å². The minimum absolute atomic E-state index is 0.278. The summed E-state index contributed by atoms with van der Waals surface area (Å²) in [5, 5.41) is 0. The van der Waals surface area contributed by atoms with Gasteiger partial charge >= 0.3 is 0 Å². The zero-order valence-electron chi connectivity index (χ0n) is 8.65. The quantitative estimate of drug-likeness (QED) is 0.770. The van der Waals surface area contributed by atoms with Gasteiger partial charge in [-0.1, -0.05) is 15.9 Å². The SMILES string of the molecule is COCC(Br)CN(C)c1ncc(Br)cn1. The lowest BCUT2D eigenvalue weighted by Gasteiger charge is -2.19. The van der Waals surface area contributed by atoms with E-state index in [4.69, 9.17) is 4.74 Å². The Morgan fingerprint density at radius 3 is 2.60 bits per heavy atom. The molecule has 0 bridgehead atoms. The van der Waals surface area contributed by atoms with Crippen molar-refractivity contribution >= 4 is 37.8 Å². The number of hydrogen-bond donors (Lipinski definition) is 0. The monoisotopic (exact) mass is 337 g/mol. The van der Waals surface area contributed by atoms with E-state index >= 15 is 0 Å². The maximum Gasteiger partial charge on any atom is 0.225 e. The van der Waals surface area contributed by atoms with Gasteiger partial charge in [0.1, 0.15) is 0 Å². The van der Waals surface area contributed by atoms with Crippen LogP contribution >= 0.6 is 31.9 Å². The number of aromatic nitrogens is 2. The van der Waals surface area contributed by atoms with Crippen LogP contribution in [-0.4, -0.2) is 42.1 Å². The molecule has 0 saturated carbocycles. The van der Waals surface area contributed by atoms with Crippen molar-refractivity contribution in [3.05, 3.63) is 16.9 Å². The van der Waals surface area contributed by atoms with Gasteiger partial charge in [-0.15, -0.1) is 0 Å². The van der Waals surface area contributed by atoms with Gasteiger partial charge in [-0.25, -0.2) is 9.97 Å². The molecule has 0 spiro atoms. The van der Waals surface area contributed by atoms with Gasteiger partial charge in [-0.2, -0.15) is 0 Å². The molecule has 0 amide bonds. The molecular weight excluding hydrogens is 326 g/mol. The molecule has 15 heavy (non-hydrogen) atoms. The van der Waals surface area contributed by atoms with E-state index in [9.17, 15) is 0 Å². The van der Waals surface area contributed by atoms with Crippen molar-refractivity contribution in [1.82, 2.24) is 9.97 Å². The van der Waals surface area contributed by atoms with Crippen LogP contribution in [0.5, 0.6) is 0 Å². The first-order valence-corrected chi connectivity index (χ1v) is 6.16. The smallest absolute Gasteiger partial charge is 0.225 e. The zero-order chi connectivity index (χ0) is 11.3. The first-order valence-electron chi connectivity index (χ1n) is 4.45. The van der Waals surface area contributed by atoms with Gasteiger partial charge in [0.25, 0.3) is 0 Å². The number of anilines is 1. The molecule has 0 saturated heterocycles. The van der Waals surface area contributed by atoms with Gasteiger partial charge in [0, 0.05) is 33.1 Å². The highest BCUT2D eigenvalue weighted by Gasteiger charge is 2.10. The Bertz CT molecular complexity index is 294. The second-order valence-electron chi connectivity index (χ2n) is 3.13. The van der Waals surface area contributed by atoms with E-state index in [2.05, 4.69) is 41.8 Å². The summed E-state index contributed by atoms with van der Waals surface area (Å²) in [6.07, 6.45) is 3.47. The average molecular weight is 339 g/mol. The predicted octanol–water partition coefficient (Wildman–Crippen LogP) is 2.09. The van der Waals surface area contributed by atoms with Crippen molar-refractivity contribution in [3.8, 4) is 0 Å². The van der Waals surface area contributed by atoms with Crippen LogP contribution in [0.1, 0.15) is 0 Å². The highest BCUT2D eigenvalue weighted by atomic mass is 79.9. The fraction of sp³-hybridized carbons (Fsp3) is 0.556. The highest BCUT2D eigenvalue weighted by molar-refractivity contribution is 9.10. The molecule has 84 valence electrons.